The van der Waals surface area contributed by atoms with Gasteiger partial charge in [0.2, 0.25) is 0 Å². The maximum absolute atomic E-state index is 13.9. The van der Waals surface area contributed by atoms with E-state index in [9.17, 15) is 17.6 Å². The second-order valence-electron chi connectivity index (χ2n) is 8.51. The number of aliphatic imine (C=N–C) groups is 1. The summed E-state index contributed by atoms with van der Waals surface area (Å²) >= 11 is 0. The number of benzene rings is 2. The fourth-order valence-electron chi connectivity index (χ4n) is 4.35. The number of rotatable bonds is 6. The Balaban J connectivity index is 1.99. The van der Waals surface area contributed by atoms with Crippen molar-refractivity contribution in [3.63, 3.8) is 0 Å². The summed E-state index contributed by atoms with van der Waals surface area (Å²) in [7, 11) is 0.0677. The number of carbonyl (C=O) groups excluding carboxylic acids is 1. The molecule has 0 N–H and O–H groups in total. The molecule has 34 heavy (non-hydrogen) atoms. The molecule has 2 aromatic carbocycles. The lowest BCUT2D eigenvalue weighted by molar-refractivity contribution is -0.110. The average molecular weight is 483 g/mol. The second-order valence-corrected chi connectivity index (χ2v) is 10.9. The van der Waals surface area contributed by atoms with Gasteiger partial charge in [-0.05, 0) is 47.9 Å². The van der Waals surface area contributed by atoms with Crippen molar-refractivity contribution in [2.24, 2.45) is 4.99 Å². The molecule has 0 fully saturated rings. The molecule has 0 saturated carbocycles. The Labute approximate surface area is 199 Å². The fourth-order valence-corrected chi connectivity index (χ4v) is 5.25. The van der Waals surface area contributed by atoms with Gasteiger partial charge >= 0.3 is 0 Å². The van der Waals surface area contributed by atoms with Gasteiger partial charge < -0.3 is 14.4 Å². The molecule has 0 amide bonds. The molecule has 0 radical (unpaired) electrons. The van der Waals surface area contributed by atoms with E-state index in [0.29, 0.717) is 22.6 Å². The van der Waals surface area contributed by atoms with Crippen molar-refractivity contribution in [2.45, 2.75) is 31.7 Å². The smallest absolute Gasteiger partial charge is 0.154 e. The molecule has 2 atom stereocenters. The molecule has 0 aliphatic carbocycles. The maximum Gasteiger partial charge on any atom is 0.154 e. The molecular weight excluding hydrogens is 455 g/mol. The molecule has 0 saturated heterocycles. The van der Waals surface area contributed by atoms with Crippen molar-refractivity contribution < 1.29 is 22.3 Å². The topological polar surface area (TPSA) is 76.0 Å². The molecule has 0 spiro atoms. The highest BCUT2D eigenvalue weighted by molar-refractivity contribution is 7.90. The van der Waals surface area contributed by atoms with Crippen molar-refractivity contribution in [2.75, 3.05) is 19.9 Å². The van der Waals surface area contributed by atoms with Crippen LogP contribution < -0.4 is 4.74 Å². The van der Waals surface area contributed by atoms with E-state index in [1.165, 1.54) is 19.2 Å². The predicted molar refractivity (Wildman–Crippen MR) is 131 cm³/mol. The minimum atomic E-state index is -3.24. The van der Waals surface area contributed by atoms with Gasteiger partial charge in [-0.25, -0.2) is 12.8 Å². The summed E-state index contributed by atoms with van der Waals surface area (Å²) in [6.45, 7) is 3.57. The summed E-state index contributed by atoms with van der Waals surface area (Å²) in [6.07, 6.45) is 4.67. The first kappa shape index (κ1) is 23.9. The third kappa shape index (κ3) is 4.42. The summed E-state index contributed by atoms with van der Waals surface area (Å²) in [4.78, 5) is 18.5. The van der Waals surface area contributed by atoms with E-state index in [1.807, 2.05) is 43.3 Å². The number of sulfone groups is 1. The van der Waals surface area contributed by atoms with Gasteiger partial charge in [-0.15, -0.1) is 0 Å². The van der Waals surface area contributed by atoms with Crippen molar-refractivity contribution in [3.05, 3.63) is 82.3 Å². The van der Waals surface area contributed by atoms with Crippen LogP contribution in [0.15, 0.2) is 59.2 Å². The third-order valence-corrected chi connectivity index (χ3v) is 7.90. The maximum atomic E-state index is 13.9. The quantitative estimate of drug-likeness (QED) is 0.586. The zero-order valence-electron chi connectivity index (χ0n) is 19.6. The molecule has 1 unspecified atom stereocenters. The van der Waals surface area contributed by atoms with E-state index in [4.69, 9.17) is 9.73 Å². The van der Waals surface area contributed by atoms with Crippen LogP contribution in [0.25, 0.3) is 5.57 Å². The lowest BCUT2D eigenvalue weighted by Gasteiger charge is -2.29. The Kier molecular flexibility index (Phi) is 6.45. The molecule has 6 nitrogen and oxygen atoms in total. The first-order valence-electron chi connectivity index (χ1n) is 11.0. The van der Waals surface area contributed by atoms with Crippen LogP contribution in [0.3, 0.4) is 0 Å². The number of carbonyl (C=O) groups is 1. The monoisotopic (exact) mass is 482 g/mol. The number of methoxy groups -OCH3 is 1. The molecule has 4 rings (SSSR count). The van der Waals surface area contributed by atoms with Gasteiger partial charge in [0.05, 0.1) is 24.6 Å². The number of likely N-dealkylation sites (N-methyl/N-ethyl adjacent to an activating group) is 1. The summed E-state index contributed by atoms with van der Waals surface area (Å²) < 4.78 is 44.0. The molecule has 2 aromatic rings. The highest BCUT2D eigenvalue weighted by atomic mass is 32.2. The zero-order valence-corrected chi connectivity index (χ0v) is 20.4. The van der Waals surface area contributed by atoms with Gasteiger partial charge in [-0.3, -0.25) is 4.99 Å². The van der Waals surface area contributed by atoms with Gasteiger partial charge in [-0.2, -0.15) is 0 Å². The van der Waals surface area contributed by atoms with Crippen LogP contribution in [0.2, 0.25) is 0 Å². The van der Waals surface area contributed by atoms with Crippen LogP contribution in [-0.2, 0) is 20.4 Å². The van der Waals surface area contributed by atoms with Crippen LogP contribution in [0.1, 0.15) is 36.1 Å². The van der Waals surface area contributed by atoms with Gasteiger partial charge in [0.15, 0.2) is 9.84 Å². The SMILES string of the molecule is CCS(=O)(=O)Cc1ccc2c(c1)C1=CN(C)C(C=O)C=C1[C@H](C)N=C2c1ccc(F)cc1OC. The van der Waals surface area contributed by atoms with Gasteiger partial charge in [-0.1, -0.05) is 19.1 Å². The van der Waals surface area contributed by atoms with Gasteiger partial charge in [0.1, 0.15) is 23.9 Å². The third-order valence-electron chi connectivity index (χ3n) is 6.25. The predicted octanol–water partition coefficient (Wildman–Crippen LogP) is 3.79. The Hall–Kier alpha value is -3.26. The Bertz CT molecular complexity index is 1340. The van der Waals surface area contributed by atoms with E-state index in [1.54, 1.807) is 19.1 Å². The highest BCUT2D eigenvalue weighted by Gasteiger charge is 2.30. The Morgan fingerprint density at radius 1 is 1.15 bits per heavy atom. The molecule has 2 aliphatic rings. The van der Waals surface area contributed by atoms with E-state index >= 15 is 0 Å². The number of hydrogen-bond acceptors (Lipinski definition) is 6. The van der Waals surface area contributed by atoms with Crippen LogP contribution in [0, 0.1) is 5.82 Å². The molecule has 8 heteroatoms. The number of hydrogen-bond donors (Lipinski definition) is 0. The van der Waals surface area contributed by atoms with Crippen LogP contribution in [-0.4, -0.2) is 57.3 Å². The largest absolute Gasteiger partial charge is 0.496 e. The zero-order chi connectivity index (χ0) is 24.6. The Morgan fingerprint density at radius 3 is 2.56 bits per heavy atom. The first-order valence-corrected chi connectivity index (χ1v) is 12.9. The lowest BCUT2D eigenvalue weighted by atomic mass is 9.86. The van der Waals surface area contributed by atoms with E-state index in [2.05, 4.69) is 0 Å². The standard InChI is InChI=1S/C26H27FN2O4S/c1-5-34(31,32)15-17-6-8-20-23(10-17)24-13-29(3)19(14-30)12-22(24)16(2)28-26(20)21-9-7-18(27)11-25(21)33-4/h6-14,16,19H,5,15H2,1-4H3/t16-,19?/m0/s1. The van der Waals surface area contributed by atoms with Gasteiger partial charge in [0, 0.05) is 41.8 Å². The summed E-state index contributed by atoms with van der Waals surface area (Å²) in [5.41, 5.74) is 5.25. The highest BCUT2D eigenvalue weighted by Crippen LogP contribution is 2.39. The van der Waals surface area contributed by atoms with Crippen LogP contribution in [0.4, 0.5) is 4.39 Å². The van der Waals surface area contributed by atoms with Gasteiger partial charge in [0.25, 0.3) is 0 Å². The fraction of sp³-hybridized carbons (Fsp3) is 0.308. The van der Waals surface area contributed by atoms with Crippen molar-refractivity contribution in [3.8, 4) is 5.75 Å². The normalized spacial score (nSPS) is 19.8. The van der Waals surface area contributed by atoms with E-state index < -0.39 is 21.7 Å². The average Bonchev–Trinajstić information content (AvgIpc) is 2.92. The van der Waals surface area contributed by atoms with Crippen molar-refractivity contribution in [1.82, 2.24) is 4.90 Å². The molecule has 2 heterocycles. The number of ether oxygens (including phenoxy) is 1. The van der Waals surface area contributed by atoms with Crippen LogP contribution in [0.5, 0.6) is 5.75 Å². The van der Waals surface area contributed by atoms with E-state index in [-0.39, 0.29) is 17.5 Å². The number of fused-ring (bicyclic) bond motifs is 3. The second kappa shape index (κ2) is 9.18. The Morgan fingerprint density at radius 2 is 1.88 bits per heavy atom. The molecule has 178 valence electrons. The first-order chi connectivity index (χ1) is 16.2. The molecule has 0 bridgehead atoms. The van der Waals surface area contributed by atoms with E-state index in [0.717, 1.165) is 28.6 Å². The number of aldehydes is 1. The number of halogens is 1. The minimum absolute atomic E-state index is 0.0538. The minimum Gasteiger partial charge on any atom is -0.496 e. The number of nitrogens with zero attached hydrogens (tertiary/aromatic N) is 2. The summed E-state index contributed by atoms with van der Waals surface area (Å²) in [6, 6.07) is 9.11. The molecule has 2 aliphatic heterocycles. The van der Waals surface area contributed by atoms with Crippen molar-refractivity contribution in [1.29, 1.82) is 0 Å². The van der Waals surface area contributed by atoms with Crippen LogP contribution >= 0.6 is 0 Å². The summed E-state index contributed by atoms with van der Waals surface area (Å²) in [5, 5.41) is 0. The molecular formula is C26H27FN2O4S. The summed E-state index contributed by atoms with van der Waals surface area (Å²) in [5.74, 6) is -0.0845. The molecule has 0 aromatic heterocycles. The lowest BCUT2D eigenvalue weighted by Crippen LogP contribution is -2.31. The van der Waals surface area contributed by atoms with Crippen molar-refractivity contribution >= 4 is 27.4 Å².